The maximum absolute atomic E-state index is 12.8. The van der Waals surface area contributed by atoms with Gasteiger partial charge in [-0.25, -0.2) is 0 Å². The Hall–Kier alpha value is -2.38. The molecule has 0 spiro atoms. The second-order valence-electron chi connectivity index (χ2n) is 3.47. The van der Waals surface area contributed by atoms with Crippen LogP contribution in [0, 0.1) is 0 Å². The van der Waals surface area contributed by atoms with Crippen molar-refractivity contribution in [1.82, 2.24) is 5.16 Å². The molecule has 96 valence electrons. The molecule has 0 aliphatic rings. The minimum absolute atomic E-state index is 0.208. The van der Waals surface area contributed by atoms with Crippen molar-refractivity contribution in [1.29, 1.82) is 0 Å². The van der Waals surface area contributed by atoms with Gasteiger partial charge in [0.15, 0.2) is 11.5 Å². The largest absolute Gasteiger partial charge is 0.504 e. The zero-order valence-electron chi connectivity index (χ0n) is 8.69. The Kier molecular flexibility index (Phi) is 2.57. The third-order valence-corrected chi connectivity index (χ3v) is 2.25. The van der Waals surface area contributed by atoms with Crippen molar-refractivity contribution in [3.8, 4) is 22.8 Å². The molecule has 0 aliphatic carbocycles. The Morgan fingerprint density at radius 3 is 2.39 bits per heavy atom. The second kappa shape index (κ2) is 3.83. The number of aromatic hydroxyl groups is 2. The highest BCUT2D eigenvalue weighted by atomic mass is 19.4. The van der Waals surface area contributed by atoms with Crippen LogP contribution in [0.1, 0.15) is 5.56 Å². The molecule has 2 aromatic rings. The number of phenolic OH excluding ortho intramolecular Hbond substituents is 2. The first-order valence-corrected chi connectivity index (χ1v) is 4.65. The van der Waals surface area contributed by atoms with E-state index in [0.717, 1.165) is 12.1 Å². The molecule has 0 amide bonds. The van der Waals surface area contributed by atoms with Crippen molar-refractivity contribution in [2.75, 3.05) is 5.73 Å². The molecule has 0 atom stereocenters. The SMILES string of the molecule is Nc1cc(-c2c(C(F)(F)F)ccc(O)c2O)no1. The van der Waals surface area contributed by atoms with Crippen LogP contribution in [0.25, 0.3) is 11.3 Å². The summed E-state index contributed by atoms with van der Waals surface area (Å²) in [7, 11) is 0. The Labute approximate surface area is 98.2 Å². The van der Waals surface area contributed by atoms with E-state index in [1.165, 1.54) is 0 Å². The lowest BCUT2D eigenvalue weighted by Crippen LogP contribution is -2.07. The minimum atomic E-state index is -4.71. The number of alkyl halides is 3. The van der Waals surface area contributed by atoms with E-state index in [1.54, 1.807) is 0 Å². The molecule has 4 N–H and O–H groups in total. The summed E-state index contributed by atoms with van der Waals surface area (Å²) in [4.78, 5) is 0. The molecule has 0 saturated carbocycles. The van der Waals surface area contributed by atoms with Gasteiger partial charge >= 0.3 is 6.18 Å². The number of anilines is 1. The van der Waals surface area contributed by atoms with Gasteiger partial charge in [-0.1, -0.05) is 5.16 Å². The summed E-state index contributed by atoms with van der Waals surface area (Å²) in [5.74, 6) is -1.83. The van der Waals surface area contributed by atoms with Crippen LogP contribution >= 0.6 is 0 Å². The molecular weight excluding hydrogens is 253 g/mol. The molecule has 1 aromatic carbocycles. The first-order valence-electron chi connectivity index (χ1n) is 4.65. The van der Waals surface area contributed by atoms with Crippen LogP contribution in [0.3, 0.4) is 0 Å². The fourth-order valence-corrected chi connectivity index (χ4v) is 1.48. The number of nitrogens with zero attached hydrogens (tertiary/aromatic N) is 1. The predicted molar refractivity (Wildman–Crippen MR) is 54.7 cm³/mol. The summed E-state index contributed by atoms with van der Waals surface area (Å²) in [6.45, 7) is 0. The van der Waals surface area contributed by atoms with E-state index in [0.29, 0.717) is 6.07 Å². The first kappa shape index (κ1) is 12.1. The van der Waals surface area contributed by atoms with Crippen molar-refractivity contribution >= 4 is 5.88 Å². The van der Waals surface area contributed by atoms with E-state index in [1.807, 2.05) is 0 Å². The Morgan fingerprint density at radius 2 is 1.89 bits per heavy atom. The zero-order chi connectivity index (χ0) is 13.5. The average Bonchev–Trinajstić information content (AvgIpc) is 2.66. The van der Waals surface area contributed by atoms with Crippen LogP contribution in [0.5, 0.6) is 11.5 Å². The molecule has 1 heterocycles. The minimum Gasteiger partial charge on any atom is -0.504 e. The Bertz CT molecular complexity index is 593. The zero-order valence-corrected chi connectivity index (χ0v) is 8.69. The van der Waals surface area contributed by atoms with Gasteiger partial charge < -0.3 is 20.5 Å². The van der Waals surface area contributed by atoms with Gasteiger partial charge in [-0.15, -0.1) is 0 Å². The van der Waals surface area contributed by atoms with Crippen molar-refractivity contribution in [3.63, 3.8) is 0 Å². The molecule has 1 aromatic heterocycles. The summed E-state index contributed by atoms with van der Waals surface area (Å²) in [5.41, 5.74) is 3.07. The summed E-state index contributed by atoms with van der Waals surface area (Å²) in [6.07, 6.45) is -4.71. The third kappa shape index (κ3) is 1.92. The standard InChI is InChI=1S/C10H7F3N2O3/c11-10(12,13)4-1-2-6(16)9(17)8(4)5-3-7(14)18-15-5/h1-3,16-17H,14H2. The Morgan fingerprint density at radius 1 is 1.22 bits per heavy atom. The van der Waals surface area contributed by atoms with Crippen LogP contribution in [0.15, 0.2) is 22.7 Å². The number of hydrogen-bond donors (Lipinski definition) is 3. The molecule has 0 saturated heterocycles. The highest BCUT2D eigenvalue weighted by Gasteiger charge is 2.36. The van der Waals surface area contributed by atoms with Crippen molar-refractivity contribution in [2.24, 2.45) is 0 Å². The van der Waals surface area contributed by atoms with E-state index < -0.39 is 28.8 Å². The van der Waals surface area contributed by atoms with Crippen LogP contribution in [0.4, 0.5) is 19.1 Å². The fourth-order valence-electron chi connectivity index (χ4n) is 1.48. The van der Waals surface area contributed by atoms with Gasteiger partial charge in [0, 0.05) is 6.07 Å². The number of phenols is 2. The molecule has 5 nitrogen and oxygen atoms in total. The third-order valence-electron chi connectivity index (χ3n) is 2.25. The van der Waals surface area contributed by atoms with Gasteiger partial charge in [0.25, 0.3) is 0 Å². The van der Waals surface area contributed by atoms with Crippen molar-refractivity contribution < 1.29 is 27.9 Å². The lowest BCUT2D eigenvalue weighted by Gasteiger charge is -2.13. The predicted octanol–water partition coefficient (Wildman–Crippen LogP) is 2.35. The lowest BCUT2D eigenvalue weighted by molar-refractivity contribution is -0.137. The topological polar surface area (TPSA) is 92.5 Å². The lowest BCUT2D eigenvalue weighted by atomic mass is 10.0. The Balaban J connectivity index is 2.74. The first-order chi connectivity index (χ1) is 8.30. The maximum Gasteiger partial charge on any atom is 0.417 e. The number of nitrogen functional groups attached to an aromatic ring is 1. The quantitative estimate of drug-likeness (QED) is 0.684. The van der Waals surface area contributed by atoms with E-state index >= 15 is 0 Å². The van der Waals surface area contributed by atoms with E-state index in [2.05, 4.69) is 9.68 Å². The van der Waals surface area contributed by atoms with Gasteiger partial charge in [-0.3, -0.25) is 0 Å². The summed E-state index contributed by atoms with van der Waals surface area (Å²) < 4.78 is 42.8. The van der Waals surface area contributed by atoms with Gasteiger partial charge in [0.1, 0.15) is 5.69 Å². The number of nitrogens with two attached hydrogens (primary N) is 1. The van der Waals surface area contributed by atoms with Crippen molar-refractivity contribution in [2.45, 2.75) is 6.18 Å². The number of halogens is 3. The highest BCUT2D eigenvalue weighted by molar-refractivity contribution is 5.75. The molecular formula is C10H7F3N2O3. The number of benzene rings is 1. The monoisotopic (exact) mass is 260 g/mol. The number of aromatic nitrogens is 1. The van der Waals surface area contributed by atoms with Crippen molar-refractivity contribution in [3.05, 3.63) is 23.8 Å². The van der Waals surface area contributed by atoms with Gasteiger partial charge in [0.2, 0.25) is 5.88 Å². The van der Waals surface area contributed by atoms with E-state index in [-0.39, 0.29) is 11.6 Å². The molecule has 0 bridgehead atoms. The smallest absolute Gasteiger partial charge is 0.417 e. The summed E-state index contributed by atoms with van der Waals surface area (Å²) in [6, 6.07) is 2.39. The normalized spacial score (nSPS) is 11.7. The highest BCUT2D eigenvalue weighted by Crippen LogP contribution is 2.45. The van der Waals surface area contributed by atoms with Gasteiger partial charge in [0.05, 0.1) is 11.1 Å². The van der Waals surface area contributed by atoms with Crippen LogP contribution in [-0.4, -0.2) is 15.4 Å². The molecule has 0 radical (unpaired) electrons. The van der Waals surface area contributed by atoms with Gasteiger partial charge in [-0.05, 0) is 12.1 Å². The fraction of sp³-hybridized carbons (Fsp3) is 0.100. The number of hydrogen-bond acceptors (Lipinski definition) is 5. The molecule has 8 heteroatoms. The molecule has 0 unspecified atom stereocenters. The van der Waals surface area contributed by atoms with E-state index in [4.69, 9.17) is 5.73 Å². The molecule has 0 aliphatic heterocycles. The van der Waals surface area contributed by atoms with Crippen LogP contribution < -0.4 is 5.73 Å². The number of rotatable bonds is 1. The summed E-state index contributed by atoms with van der Waals surface area (Å²) >= 11 is 0. The van der Waals surface area contributed by atoms with Gasteiger partial charge in [-0.2, -0.15) is 13.2 Å². The molecule has 18 heavy (non-hydrogen) atoms. The van der Waals surface area contributed by atoms with E-state index in [9.17, 15) is 23.4 Å². The average molecular weight is 260 g/mol. The van der Waals surface area contributed by atoms with Crippen LogP contribution in [0.2, 0.25) is 0 Å². The second-order valence-corrected chi connectivity index (χ2v) is 3.47. The summed E-state index contributed by atoms with van der Waals surface area (Å²) in [5, 5.41) is 22.1. The molecule has 0 fully saturated rings. The maximum atomic E-state index is 12.8. The van der Waals surface area contributed by atoms with Crippen LogP contribution in [-0.2, 0) is 6.18 Å². The molecule has 2 rings (SSSR count).